The third-order valence-electron chi connectivity index (χ3n) is 3.09. The molecule has 0 saturated carbocycles. The molecule has 1 aromatic carbocycles. The van der Waals surface area contributed by atoms with Gasteiger partial charge < -0.3 is 15.4 Å². The predicted octanol–water partition coefficient (Wildman–Crippen LogP) is 2.25. The molecule has 0 saturated heterocycles. The van der Waals surface area contributed by atoms with Crippen LogP contribution in [0.25, 0.3) is 0 Å². The molecule has 0 amide bonds. The molecule has 1 rings (SSSR count). The van der Waals surface area contributed by atoms with Gasteiger partial charge in [-0.1, -0.05) is 29.8 Å². The van der Waals surface area contributed by atoms with Gasteiger partial charge in [-0.3, -0.25) is 4.99 Å². The highest BCUT2D eigenvalue weighted by Crippen LogP contribution is 2.21. The van der Waals surface area contributed by atoms with E-state index in [4.69, 9.17) is 16.3 Å². The van der Waals surface area contributed by atoms with E-state index in [1.165, 1.54) is 6.26 Å². The summed E-state index contributed by atoms with van der Waals surface area (Å²) in [5, 5.41) is 7.05. The number of benzene rings is 1. The van der Waals surface area contributed by atoms with Gasteiger partial charge in [0.25, 0.3) is 0 Å². The molecule has 0 spiro atoms. The first-order chi connectivity index (χ1) is 10.8. The van der Waals surface area contributed by atoms with Crippen molar-refractivity contribution in [3.8, 4) is 0 Å². The van der Waals surface area contributed by atoms with Crippen molar-refractivity contribution >= 4 is 51.4 Å². The molecule has 0 aromatic heterocycles. The molecule has 1 aromatic rings. The Labute approximate surface area is 166 Å². The zero-order chi connectivity index (χ0) is 17.3. The third kappa shape index (κ3) is 9.65. The number of guanidine groups is 1. The maximum Gasteiger partial charge on any atom is 0.191 e. The van der Waals surface area contributed by atoms with Gasteiger partial charge in [-0.25, -0.2) is 8.42 Å². The number of hydrogen-bond donors (Lipinski definition) is 2. The normalized spacial score (nSPS) is 13.1. The fraction of sp³-hybridized carbons (Fsp3) is 0.533. The Morgan fingerprint density at radius 3 is 2.58 bits per heavy atom. The number of nitrogens with one attached hydrogen (secondary N) is 2. The molecule has 0 aliphatic heterocycles. The maximum atomic E-state index is 11.0. The predicted molar refractivity (Wildman–Crippen MR) is 110 cm³/mol. The lowest BCUT2D eigenvalue weighted by Gasteiger charge is -2.19. The minimum atomic E-state index is -2.98. The van der Waals surface area contributed by atoms with E-state index in [2.05, 4.69) is 15.6 Å². The van der Waals surface area contributed by atoms with Crippen LogP contribution in [0.5, 0.6) is 0 Å². The third-order valence-corrected chi connectivity index (χ3v) is 4.34. The van der Waals surface area contributed by atoms with Crippen LogP contribution in [-0.4, -0.2) is 53.2 Å². The fourth-order valence-corrected chi connectivity index (χ4v) is 2.58. The molecule has 0 radical (unpaired) electrons. The molecule has 0 aliphatic rings. The maximum absolute atomic E-state index is 11.0. The van der Waals surface area contributed by atoms with E-state index in [0.29, 0.717) is 24.1 Å². The lowest BCUT2D eigenvalue weighted by molar-refractivity contribution is 0.154. The van der Waals surface area contributed by atoms with Crippen LogP contribution in [0, 0.1) is 0 Å². The van der Waals surface area contributed by atoms with Gasteiger partial charge in [-0.15, -0.1) is 24.0 Å². The van der Waals surface area contributed by atoms with Crippen molar-refractivity contribution < 1.29 is 13.2 Å². The van der Waals surface area contributed by atoms with Crippen LogP contribution in [0.15, 0.2) is 29.3 Å². The van der Waals surface area contributed by atoms with Crippen LogP contribution in [0.1, 0.15) is 18.5 Å². The highest BCUT2D eigenvalue weighted by atomic mass is 127. The Kier molecular flexibility index (Phi) is 11.6. The van der Waals surface area contributed by atoms with Crippen LogP contribution < -0.4 is 10.6 Å². The van der Waals surface area contributed by atoms with Crippen LogP contribution in [-0.2, 0) is 14.6 Å². The number of sulfone groups is 1. The molecule has 138 valence electrons. The molecule has 0 bridgehead atoms. The van der Waals surface area contributed by atoms with E-state index in [-0.39, 0.29) is 42.4 Å². The van der Waals surface area contributed by atoms with Gasteiger partial charge in [-0.05, 0) is 18.6 Å². The first-order valence-electron chi connectivity index (χ1n) is 7.30. The second kappa shape index (κ2) is 11.9. The van der Waals surface area contributed by atoms with Gasteiger partial charge in [0, 0.05) is 24.9 Å². The lowest BCUT2D eigenvalue weighted by atomic mass is 10.1. The summed E-state index contributed by atoms with van der Waals surface area (Å²) in [6, 6.07) is 7.63. The number of rotatable bonds is 8. The molecule has 0 aliphatic carbocycles. The average Bonchev–Trinajstić information content (AvgIpc) is 2.48. The van der Waals surface area contributed by atoms with Crippen molar-refractivity contribution in [2.24, 2.45) is 4.99 Å². The fourth-order valence-electron chi connectivity index (χ4n) is 1.86. The molecular weight excluding hydrogens is 465 g/mol. The molecule has 0 heterocycles. The molecule has 24 heavy (non-hydrogen) atoms. The molecule has 0 fully saturated rings. The van der Waals surface area contributed by atoms with E-state index in [1.54, 1.807) is 7.05 Å². The summed E-state index contributed by atoms with van der Waals surface area (Å²) >= 11 is 6.17. The topological polar surface area (TPSA) is 79.8 Å². The van der Waals surface area contributed by atoms with Crippen molar-refractivity contribution in [2.45, 2.75) is 13.0 Å². The van der Waals surface area contributed by atoms with Gasteiger partial charge in [0.05, 0.1) is 25.0 Å². The van der Waals surface area contributed by atoms with Crippen LogP contribution in [0.2, 0.25) is 5.02 Å². The SMILES string of the molecule is CN=C(NCCOCCS(C)(=O)=O)NC(C)c1ccccc1Cl.I. The summed E-state index contributed by atoms with van der Waals surface area (Å²) in [5.41, 5.74) is 0.988. The van der Waals surface area contributed by atoms with Crippen molar-refractivity contribution in [1.29, 1.82) is 0 Å². The highest BCUT2D eigenvalue weighted by molar-refractivity contribution is 14.0. The summed E-state index contributed by atoms with van der Waals surface area (Å²) in [6.45, 7) is 3.12. The van der Waals surface area contributed by atoms with Crippen LogP contribution >= 0.6 is 35.6 Å². The van der Waals surface area contributed by atoms with Gasteiger partial charge in [0.2, 0.25) is 0 Å². The van der Waals surface area contributed by atoms with Gasteiger partial charge in [0.15, 0.2) is 5.96 Å². The van der Waals surface area contributed by atoms with Gasteiger partial charge in [0.1, 0.15) is 9.84 Å². The Morgan fingerprint density at radius 2 is 2.00 bits per heavy atom. The first-order valence-corrected chi connectivity index (χ1v) is 9.74. The Morgan fingerprint density at radius 1 is 1.33 bits per heavy atom. The summed E-state index contributed by atoms with van der Waals surface area (Å²) in [6.07, 6.45) is 1.19. The second-order valence-corrected chi connectivity index (χ2v) is 7.80. The molecule has 9 heteroatoms. The summed E-state index contributed by atoms with van der Waals surface area (Å²) < 4.78 is 27.2. The zero-order valence-corrected chi connectivity index (χ0v) is 18.0. The van der Waals surface area contributed by atoms with Crippen LogP contribution in [0.3, 0.4) is 0 Å². The van der Waals surface area contributed by atoms with E-state index in [0.717, 1.165) is 5.56 Å². The molecular formula is C15H25ClIN3O3S. The van der Waals surface area contributed by atoms with Gasteiger partial charge in [-0.2, -0.15) is 0 Å². The quantitative estimate of drug-likeness (QED) is 0.253. The van der Waals surface area contributed by atoms with Crippen molar-refractivity contribution in [1.82, 2.24) is 10.6 Å². The first kappa shape index (κ1) is 23.4. The largest absolute Gasteiger partial charge is 0.379 e. The van der Waals surface area contributed by atoms with E-state index in [1.807, 2.05) is 31.2 Å². The van der Waals surface area contributed by atoms with Crippen molar-refractivity contribution in [3.63, 3.8) is 0 Å². The van der Waals surface area contributed by atoms with Crippen LogP contribution in [0.4, 0.5) is 0 Å². The Bertz CT molecular complexity index is 626. The monoisotopic (exact) mass is 489 g/mol. The summed E-state index contributed by atoms with van der Waals surface area (Å²) in [5.74, 6) is 0.660. The smallest absolute Gasteiger partial charge is 0.191 e. The molecule has 1 atom stereocenters. The minimum Gasteiger partial charge on any atom is -0.379 e. The summed E-state index contributed by atoms with van der Waals surface area (Å²) in [4.78, 5) is 4.14. The number of halogens is 2. The zero-order valence-electron chi connectivity index (χ0n) is 14.1. The Balaban J connectivity index is 0.00000529. The van der Waals surface area contributed by atoms with E-state index < -0.39 is 9.84 Å². The minimum absolute atomic E-state index is 0. The standard InChI is InChI=1S/C15H24ClN3O3S.HI/c1-12(13-6-4-5-7-14(13)16)19-15(17-2)18-8-9-22-10-11-23(3,20)21;/h4-7,12H,8-11H2,1-3H3,(H2,17,18,19);1H. The highest BCUT2D eigenvalue weighted by Gasteiger charge is 2.10. The molecule has 2 N–H and O–H groups in total. The summed E-state index contributed by atoms with van der Waals surface area (Å²) in [7, 11) is -1.30. The average molecular weight is 490 g/mol. The van der Waals surface area contributed by atoms with E-state index in [9.17, 15) is 8.42 Å². The Hall–Kier alpha value is -0.580. The van der Waals surface area contributed by atoms with E-state index >= 15 is 0 Å². The number of nitrogens with zero attached hydrogens (tertiary/aromatic N) is 1. The van der Waals surface area contributed by atoms with Crippen molar-refractivity contribution in [3.05, 3.63) is 34.9 Å². The molecule has 1 unspecified atom stereocenters. The second-order valence-electron chi connectivity index (χ2n) is 5.13. The number of ether oxygens (including phenoxy) is 1. The van der Waals surface area contributed by atoms with Gasteiger partial charge >= 0.3 is 0 Å². The number of aliphatic imine (C=N–C) groups is 1. The number of hydrogen-bond acceptors (Lipinski definition) is 4. The molecule has 6 nitrogen and oxygen atoms in total. The van der Waals surface area contributed by atoms with Crippen molar-refractivity contribution in [2.75, 3.05) is 38.8 Å². The lowest BCUT2D eigenvalue weighted by Crippen LogP contribution is -2.40.